The number of urea groups is 1. The second-order valence-electron chi connectivity index (χ2n) is 5.92. The molecular weight excluding hydrogens is 371 g/mol. The number of aryl methyl sites for hydroxylation is 1. The summed E-state index contributed by atoms with van der Waals surface area (Å²) in [5.74, 6) is 1.18. The Morgan fingerprint density at radius 1 is 0.893 bits per heavy atom. The van der Waals surface area contributed by atoms with Gasteiger partial charge in [-0.3, -0.25) is 4.98 Å². The van der Waals surface area contributed by atoms with Crippen LogP contribution in [0.1, 0.15) is 11.1 Å². The summed E-state index contributed by atoms with van der Waals surface area (Å²) in [7, 11) is 0. The quantitative estimate of drug-likeness (QED) is 0.591. The van der Waals surface area contributed by atoms with E-state index in [0.717, 1.165) is 6.07 Å². The van der Waals surface area contributed by atoms with Crippen molar-refractivity contribution in [2.45, 2.75) is 13.1 Å². The third-order valence-corrected chi connectivity index (χ3v) is 3.80. The average molecular weight is 387 g/mol. The van der Waals surface area contributed by atoms with Crippen LogP contribution in [0.4, 0.5) is 29.3 Å². The third kappa shape index (κ3) is 5.00. The molecule has 2 N–H and O–H groups in total. The molecule has 3 aromatic rings. The molecule has 0 unspecified atom stereocenters. The van der Waals surface area contributed by atoms with E-state index in [9.17, 15) is 18.0 Å². The van der Waals surface area contributed by atoms with Crippen LogP contribution >= 0.6 is 0 Å². The maximum Gasteiger partial charge on any atom is 0.416 e. The summed E-state index contributed by atoms with van der Waals surface area (Å²) in [6, 6.07) is 12.9. The van der Waals surface area contributed by atoms with Crippen LogP contribution in [0.3, 0.4) is 0 Å². The van der Waals surface area contributed by atoms with Crippen molar-refractivity contribution in [3.8, 4) is 11.5 Å². The van der Waals surface area contributed by atoms with Crippen molar-refractivity contribution in [3.05, 3.63) is 78.1 Å². The number of nitrogens with one attached hydrogen (secondary N) is 2. The van der Waals surface area contributed by atoms with Crippen molar-refractivity contribution in [3.63, 3.8) is 0 Å². The van der Waals surface area contributed by atoms with Gasteiger partial charge in [-0.25, -0.2) is 4.79 Å². The Labute approximate surface area is 159 Å². The summed E-state index contributed by atoms with van der Waals surface area (Å²) >= 11 is 0. The maximum absolute atomic E-state index is 13.0. The van der Waals surface area contributed by atoms with Gasteiger partial charge >= 0.3 is 12.2 Å². The van der Waals surface area contributed by atoms with Crippen LogP contribution in [-0.4, -0.2) is 11.0 Å². The minimum Gasteiger partial charge on any atom is -0.457 e. The van der Waals surface area contributed by atoms with Crippen molar-refractivity contribution in [1.29, 1.82) is 0 Å². The average Bonchev–Trinajstić information content (AvgIpc) is 2.65. The molecule has 0 aliphatic carbocycles. The van der Waals surface area contributed by atoms with Crippen LogP contribution in [0.2, 0.25) is 0 Å². The molecule has 144 valence electrons. The number of pyridine rings is 1. The molecule has 0 bridgehead atoms. The molecule has 28 heavy (non-hydrogen) atoms. The van der Waals surface area contributed by atoms with E-state index in [0.29, 0.717) is 17.2 Å². The van der Waals surface area contributed by atoms with E-state index in [-0.39, 0.29) is 11.3 Å². The SMILES string of the molecule is Cc1ccc(NC(=O)Nc2ccc(Oc3ccncc3)cc2)cc1C(F)(F)F. The number of hydrogen-bond acceptors (Lipinski definition) is 3. The fraction of sp³-hybridized carbons (Fsp3) is 0.100. The molecule has 3 rings (SSSR count). The van der Waals surface area contributed by atoms with Crippen molar-refractivity contribution < 1.29 is 22.7 Å². The minimum atomic E-state index is -4.48. The van der Waals surface area contributed by atoms with Crippen molar-refractivity contribution in [2.24, 2.45) is 0 Å². The van der Waals surface area contributed by atoms with Gasteiger partial charge in [0.15, 0.2) is 0 Å². The van der Waals surface area contributed by atoms with Gasteiger partial charge in [-0.05, 0) is 61.0 Å². The van der Waals surface area contributed by atoms with E-state index in [1.807, 2.05) is 0 Å². The third-order valence-electron chi connectivity index (χ3n) is 3.80. The van der Waals surface area contributed by atoms with Crippen molar-refractivity contribution in [1.82, 2.24) is 4.98 Å². The van der Waals surface area contributed by atoms with Crippen LogP contribution in [0.25, 0.3) is 0 Å². The summed E-state index contributed by atoms with van der Waals surface area (Å²) in [5.41, 5.74) is -0.193. The minimum absolute atomic E-state index is 0.0491. The first-order valence-electron chi connectivity index (χ1n) is 8.25. The first kappa shape index (κ1) is 19.2. The van der Waals surface area contributed by atoms with E-state index >= 15 is 0 Å². The molecule has 0 fully saturated rings. The maximum atomic E-state index is 13.0. The first-order chi connectivity index (χ1) is 13.3. The normalized spacial score (nSPS) is 11.0. The molecule has 8 heteroatoms. The van der Waals surface area contributed by atoms with Gasteiger partial charge in [0.2, 0.25) is 0 Å². The van der Waals surface area contributed by atoms with Gasteiger partial charge in [0, 0.05) is 23.8 Å². The number of carbonyl (C=O) groups excluding carboxylic acids is 1. The standard InChI is InChI=1S/C20H16F3N3O2/c1-13-2-3-15(12-18(13)20(21,22)23)26-19(27)25-14-4-6-16(7-5-14)28-17-8-10-24-11-9-17/h2-12H,1H3,(H2,25,26,27). The highest BCUT2D eigenvalue weighted by Gasteiger charge is 2.32. The zero-order valence-electron chi connectivity index (χ0n) is 14.7. The molecule has 0 aliphatic heterocycles. The topological polar surface area (TPSA) is 63.2 Å². The molecule has 0 radical (unpaired) electrons. The van der Waals surface area contributed by atoms with E-state index < -0.39 is 17.8 Å². The van der Waals surface area contributed by atoms with Crippen LogP contribution in [0.15, 0.2) is 67.0 Å². The molecule has 5 nitrogen and oxygen atoms in total. The highest BCUT2D eigenvalue weighted by molar-refractivity contribution is 5.99. The molecule has 1 aromatic heterocycles. The van der Waals surface area contributed by atoms with Gasteiger partial charge in [0.1, 0.15) is 11.5 Å². The number of hydrogen-bond donors (Lipinski definition) is 2. The number of halogens is 3. The number of alkyl halides is 3. The lowest BCUT2D eigenvalue weighted by Gasteiger charge is -2.13. The monoisotopic (exact) mass is 387 g/mol. The van der Waals surface area contributed by atoms with E-state index in [1.165, 1.54) is 19.1 Å². The van der Waals surface area contributed by atoms with E-state index in [4.69, 9.17) is 4.74 Å². The van der Waals surface area contributed by atoms with E-state index in [1.54, 1.807) is 48.8 Å². The zero-order chi connectivity index (χ0) is 20.1. The van der Waals surface area contributed by atoms with Crippen LogP contribution in [0, 0.1) is 6.92 Å². The summed E-state index contributed by atoms with van der Waals surface area (Å²) in [5, 5.41) is 4.95. The molecule has 0 saturated heterocycles. The molecule has 2 amide bonds. The number of rotatable bonds is 4. The smallest absolute Gasteiger partial charge is 0.416 e. The summed E-state index contributed by atoms with van der Waals surface area (Å²) in [4.78, 5) is 16.0. The number of anilines is 2. The molecular formula is C20H16F3N3O2. The Morgan fingerprint density at radius 2 is 1.46 bits per heavy atom. The number of nitrogens with zero attached hydrogens (tertiary/aromatic N) is 1. The Bertz CT molecular complexity index is 959. The van der Waals surface area contributed by atoms with Gasteiger partial charge in [-0.2, -0.15) is 13.2 Å². The van der Waals surface area contributed by atoms with Gasteiger partial charge < -0.3 is 15.4 Å². The lowest BCUT2D eigenvalue weighted by atomic mass is 10.1. The predicted octanol–water partition coefficient (Wildman–Crippen LogP) is 5.85. The number of ether oxygens (including phenoxy) is 1. The Hall–Kier alpha value is -3.55. The zero-order valence-corrected chi connectivity index (χ0v) is 14.7. The molecule has 2 aromatic carbocycles. The van der Waals surface area contributed by atoms with Gasteiger partial charge in [-0.1, -0.05) is 6.07 Å². The molecule has 0 spiro atoms. The largest absolute Gasteiger partial charge is 0.457 e. The van der Waals surface area contributed by atoms with Crippen molar-refractivity contribution >= 4 is 17.4 Å². The number of benzene rings is 2. The van der Waals surface area contributed by atoms with Crippen LogP contribution < -0.4 is 15.4 Å². The lowest BCUT2D eigenvalue weighted by Crippen LogP contribution is -2.20. The van der Waals surface area contributed by atoms with Gasteiger partial charge in [-0.15, -0.1) is 0 Å². The molecule has 0 aliphatic rings. The van der Waals surface area contributed by atoms with Gasteiger partial charge in [0.05, 0.1) is 5.56 Å². The Morgan fingerprint density at radius 3 is 2.11 bits per heavy atom. The van der Waals surface area contributed by atoms with E-state index in [2.05, 4.69) is 15.6 Å². The fourth-order valence-electron chi connectivity index (χ4n) is 2.45. The Kier molecular flexibility index (Phi) is 5.49. The Balaban J connectivity index is 1.62. The lowest BCUT2D eigenvalue weighted by molar-refractivity contribution is -0.138. The predicted molar refractivity (Wildman–Crippen MR) is 99.6 cm³/mol. The second kappa shape index (κ2) is 7.99. The highest BCUT2D eigenvalue weighted by Crippen LogP contribution is 2.33. The van der Waals surface area contributed by atoms with Gasteiger partial charge in [0.25, 0.3) is 0 Å². The van der Waals surface area contributed by atoms with Crippen LogP contribution in [0.5, 0.6) is 11.5 Å². The number of aromatic nitrogens is 1. The summed E-state index contributed by atoms with van der Waals surface area (Å²) < 4.78 is 44.5. The molecule has 0 saturated carbocycles. The molecule has 0 atom stereocenters. The summed E-state index contributed by atoms with van der Waals surface area (Å²) in [6.07, 6.45) is -1.28. The highest BCUT2D eigenvalue weighted by atomic mass is 19.4. The van der Waals surface area contributed by atoms with Crippen LogP contribution in [-0.2, 0) is 6.18 Å². The number of carbonyl (C=O) groups is 1. The van der Waals surface area contributed by atoms with Crippen molar-refractivity contribution in [2.75, 3.05) is 10.6 Å². The second-order valence-corrected chi connectivity index (χ2v) is 5.92. The molecule has 1 heterocycles. The fourth-order valence-corrected chi connectivity index (χ4v) is 2.45. The number of amides is 2. The summed E-state index contributed by atoms with van der Waals surface area (Å²) in [6.45, 7) is 1.36. The first-order valence-corrected chi connectivity index (χ1v) is 8.25.